The molecule has 0 saturated carbocycles. The van der Waals surface area contributed by atoms with Gasteiger partial charge in [-0.3, -0.25) is 19.7 Å². The average Bonchev–Trinajstić information content (AvgIpc) is 3.84. The van der Waals surface area contributed by atoms with Gasteiger partial charge in [0.1, 0.15) is 12.1 Å². The fourth-order valence-corrected chi connectivity index (χ4v) is 5.31. The first-order valence-corrected chi connectivity index (χ1v) is 14.8. The number of carbonyl (C=O) groups is 2. The van der Waals surface area contributed by atoms with E-state index in [0.29, 0.717) is 28.5 Å². The maximum absolute atomic E-state index is 11.1. The van der Waals surface area contributed by atoms with Crippen LogP contribution in [0.5, 0.6) is 0 Å². The van der Waals surface area contributed by atoms with Crippen molar-refractivity contribution in [2.75, 3.05) is 0 Å². The molecule has 2 unspecified atom stereocenters. The van der Waals surface area contributed by atoms with Crippen molar-refractivity contribution in [3.05, 3.63) is 131 Å². The van der Waals surface area contributed by atoms with E-state index in [4.69, 9.17) is 21.7 Å². The summed E-state index contributed by atoms with van der Waals surface area (Å²) in [7, 11) is 0. The lowest BCUT2D eigenvalue weighted by atomic mass is 10.0. The molecule has 12 nitrogen and oxygen atoms in total. The monoisotopic (exact) mass is 648 g/mol. The van der Waals surface area contributed by atoms with Crippen molar-refractivity contribution in [3.8, 4) is 0 Å². The Morgan fingerprint density at radius 1 is 0.750 bits per heavy atom. The number of fused-ring (bicyclic) bond motifs is 3. The van der Waals surface area contributed by atoms with Gasteiger partial charge in [0.05, 0.1) is 26.9 Å². The second-order valence-corrected chi connectivity index (χ2v) is 10.8. The van der Waals surface area contributed by atoms with E-state index in [-0.39, 0.29) is 12.1 Å². The Bertz CT molecular complexity index is 2140. The first-order valence-electron chi connectivity index (χ1n) is 14.8. The van der Waals surface area contributed by atoms with Gasteiger partial charge in [-0.05, 0) is 45.3 Å². The van der Waals surface area contributed by atoms with Crippen LogP contribution in [0.4, 0.5) is 5.69 Å². The van der Waals surface area contributed by atoms with Gasteiger partial charge in [-0.1, -0.05) is 74.4 Å². The number of carboxylic acid groups (broad SMARTS) is 2. The molecule has 3 aromatic heterocycles. The van der Waals surface area contributed by atoms with Gasteiger partial charge < -0.3 is 36.6 Å². The molecule has 6 aromatic rings. The molecule has 0 fully saturated rings. The molecule has 2 atom stereocenters. The molecule has 12 heteroatoms. The predicted octanol–water partition coefficient (Wildman–Crippen LogP) is 6.25. The largest absolute Gasteiger partial charge is 0.480 e. The van der Waals surface area contributed by atoms with Crippen LogP contribution in [0.3, 0.4) is 0 Å². The van der Waals surface area contributed by atoms with E-state index in [0.717, 1.165) is 27.6 Å². The van der Waals surface area contributed by atoms with Crippen molar-refractivity contribution in [1.82, 2.24) is 15.0 Å². The summed E-state index contributed by atoms with van der Waals surface area (Å²) in [5, 5.41) is 31.4. The molecule has 0 spiro atoms. The maximum Gasteiger partial charge on any atom is 0.320 e. The quantitative estimate of drug-likeness (QED) is 0.0663. The highest BCUT2D eigenvalue weighted by Gasteiger charge is 2.22. The first-order chi connectivity index (χ1) is 23.0. The minimum Gasteiger partial charge on any atom is -0.480 e. The number of aromatic amines is 3. The van der Waals surface area contributed by atoms with Crippen LogP contribution in [0.1, 0.15) is 27.8 Å². The molecule has 6 rings (SSSR count). The van der Waals surface area contributed by atoms with E-state index in [2.05, 4.69) is 46.8 Å². The molecule has 48 heavy (non-hydrogen) atoms. The second kappa shape index (κ2) is 15.4. The Hall–Kier alpha value is -6.24. The molecule has 0 aliphatic carbocycles. The van der Waals surface area contributed by atoms with Crippen molar-refractivity contribution >= 4 is 68.6 Å². The van der Waals surface area contributed by atoms with E-state index in [1.54, 1.807) is 30.6 Å². The van der Waals surface area contributed by atoms with E-state index in [1.165, 1.54) is 17.0 Å². The number of rotatable bonds is 10. The molecule has 0 amide bonds. The molecule has 9 N–H and O–H groups in total. The van der Waals surface area contributed by atoms with Gasteiger partial charge in [0, 0.05) is 42.9 Å². The van der Waals surface area contributed by atoms with Crippen molar-refractivity contribution in [2.45, 2.75) is 24.9 Å². The highest BCUT2D eigenvalue weighted by Crippen LogP contribution is 2.32. The van der Waals surface area contributed by atoms with E-state index >= 15 is 0 Å². The Morgan fingerprint density at radius 3 is 1.90 bits per heavy atom. The Balaban J connectivity index is 0.000000169. The molecule has 0 saturated heterocycles. The van der Waals surface area contributed by atoms with Crippen LogP contribution in [-0.2, 0) is 22.4 Å². The van der Waals surface area contributed by atoms with Gasteiger partial charge in [-0.15, -0.1) is 0 Å². The third-order valence-corrected chi connectivity index (χ3v) is 7.75. The summed E-state index contributed by atoms with van der Waals surface area (Å²) in [6.07, 6.45) is 10.8. The summed E-state index contributed by atoms with van der Waals surface area (Å²) in [5.74, 6) is -2.14. The van der Waals surface area contributed by atoms with Crippen LogP contribution in [-0.4, -0.2) is 54.1 Å². The third-order valence-electron chi connectivity index (χ3n) is 7.75. The summed E-state index contributed by atoms with van der Waals surface area (Å²) in [4.78, 5) is 41.4. The lowest BCUT2D eigenvalue weighted by molar-refractivity contribution is -0.383. The third kappa shape index (κ3) is 7.58. The lowest BCUT2D eigenvalue weighted by Gasteiger charge is -2.05. The normalized spacial score (nSPS) is 11.9. The number of nitrogens with two attached hydrogens (primary N) is 2. The minimum absolute atomic E-state index is 0.0107. The summed E-state index contributed by atoms with van der Waals surface area (Å²) in [6, 6.07) is 15.0. The molecular formula is C36H36N6O6. The van der Waals surface area contributed by atoms with Crippen LogP contribution in [0.2, 0.25) is 0 Å². The molecule has 0 aliphatic rings. The van der Waals surface area contributed by atoms with Crippen molar-refractivity contribution in [2.24, 2.45) is 11.5 Å². The molecule has 0 aliphatic heterocycles. The number of carboxylic acids is 2. The van der Waals surface area contributed by atoms with Crippen LogP contribution < -0.4 is 11.5 Å². The topological polar surface area (TPSA) is 217 Å². The number of nitro groups is 1. The number of para-hydroxylation sites is 2. The Labute approximate surface area is 275 Å². The molecule has 3 heterocycles. The fraction of sp³-hybridized carbons (Fsp3) is 0.111. The van der Waals surface area contributed by atoms with E-state index in [9.17, 15) is 19.7 Å². The number of nitrogens with zero attached hydrogens (tertiary/aromatic N) is 1. The van der Waals surface area contributed by atoms with Crippen molar-refractivity contribution in [1.29, 1.82) is 0 Å². The zero-order valence-corrected chi connectivity index (χ0v) is 26.0. The molecule has 0 radical (unpaired) electrons. The Morgan fingerprint density at radius 2 is 1.29 bits per heavy atom. The van der Waals surface area contributed by atoms with E-state index < -0.39 is 28.9 Å². The van der Waals surface area contributed by atoms with Gasteiger partial charge in [0.2, 0.25) is 0 Å². The summed E-state index contributed by atoms with van der Waals surface area (Å²) in [6.45, 7) is 11.1. The molecule has 0 bridgehead atoms. The number of H-pyrrole nitrogens is 3. The number of non-ortho nitro benzene ring substituents is 1. The summed E-state index contributed by atoms with van der Waals surface area (Å²) >= 11 is 0. The minimum atomic E-state index is -1.15. The highest BCUT2D eigenvalue weighted by atomic mass is 16.6. The van der Waals surface area contributed by atoms with E-state index in [1.807, 2.05) is 42.6 Å². The van der Waals surface area contributed by atoms with Crippen LogP contribution >= 0.6 is 0 Å². The summed E-state index contributed by atoms with van der Waals surface area (Å²) in [5.41, 5.74) is 17.9. The number of hydrogen-bond donors (Lipinski definition) is 7. The van der Waals surface area contributed by atoms with Gasteiger partial charge in [0.15, 0.2) is 0 Å². The SMILES string of the molecule is C=Cc1ccc([N+](=O)[O-])c2c(CC(N)C(=O)O)c[nH]c12.C=Cc1cccc2c(CC(N)C(=O)O)c[nH]c12.C=Cc1cccc2cc[nH]c12. The number of aliphatic carboxylic acids is 2. The standard InChI is InChI=1S/C13H13N3O4.C13H14N2O2.C10H9N/c1-2-7-3-4-10(16(19)20)11-8(6-15-12(7)11)5-9(14)13(17)18;1-2-8-4-3-5-10-9(7-15-12(8)10)6-11(14)13(16)17;1-2-8-4-3-5-9-6-7-11-10(8)9/h2-4,6,9,15H,1,5,14H2,(H,17,18);2-5,7,11,15H,1,6,14H2,(H,16,17);2-7,11H,1H2. The average molecular weight is 649 g/mol. The first kappa shape index (κ1) is 34.6. The smallest absolute Gasteiger partial charge is 0.320 e. The Kier molecular flexibility index (Phi) is 11.1. The number of nitrogens with one attached hydrogen (secondary N) is 3. The van der Waals surface area contributed by atoms with Crippen molar-refractivity contribution < 1.29 is 24.7 Å². The van der Waals surface area contributed by atoms with Gasteiger partial charge >= 0.3 is 11.9 Å². The number of hydrogen-bond acceptors (Lipinski definition) is 6. The van der Waals surface area contributed by atoms with Gasteiger partial charge in [-0.2, -0.15) is 0 Å². The lowest BCUT2D eigenvalue weighted by Crippen LogP contribution is -2.32. The number of aromatic nitrogens is 3. The van der Waals surface area contributed by atoms with Crippen LogP contribution in [0.25, 0.3) is 50.9 Å². The molecular weight excluding hydrogens is 612 g/mol. The number of nitro benzene ring substituents is 1. The molecule has 3 aromatic carbocycles. The zero-order chi connectivity index (χ0) is 35.0. The van der Waals surface area contributed by atoms with Crippen LogP contribution in [0, 0.1) is 10.1 Å². The van der Waals surface area contributed by atoms with Crippen molar-refractivity contribution in [3.63, 3.8) is 0 Å². The molecule has 246 valence electrons. The maximum atomic E-state index is 11.1. The second-order valence-electron chi connectivity index (χ2n) is 10.8. The zero-order valence-electron chi connectivity index (χ0n) is 26.0. The predicted molar refractivity (Wildman–Crippen MR) is 190 cm³/mol. The number of benzene rings is 3. The van der Waals surface area contributed by atoms with Gasteiger partial charge in [0.25, 0.3) is 5.69 Å². The fourth-order valence-electron chi connectivity index (χ4n) is 5.31. The summed E-state index contributed by atoms with van der Waals surface area (Å²) < 4.78 is 0. The van der Waals surface area contributed by atoms with Gasteiger partial charge in [-0.25, -0.2) is 0 Å². The van der Waals surface area contributed by atoms with Crippen LogP contribution in [0.15, 0.2) is 92.9 Å². The highest BCUT2D eigenvalue weighted by molar-refractivity contribution is 5.97.